The van der Waals surface area contributed by atoms with E-state index in [-0.39, 0.29) is 11.5 Å². The Hall–Kier alpha value is -3.15. The number of hydrogen-bond acceptors (Lipinski definition) is 4. The van der Waals surface area contributed by atoms with E-state index in [4.69, 9.17) is 10.1 Å². The molecule has 6 heteroatoms. The summed E-state index contributed by atoms with van der Waals surface area (Å²) in [5.41, 5.74) is 3.00. The molecule has 0 atom stereocenters. The van der Waals surface area contributed by atoms with Gasteiger partial charge in [-0.25, -0.2) is 4.79 Å². The third-order valence-electron chi connectivity index (χ3n) is 4.89. The number of nitrogens with one attached hydrogen (secondary N) is 1. The Morgan fingerprint density at radius 2 is 1.80 bits per heavy atom. The number of aryl methyl sites for hydroxylation is 1. The zero-order valence-corrected chi connectivity index (χ0v) is 17.9. The van der Waals surface area contributed by atoms with E-state index in [2.05, 4.69) is 0 Å². The highest BCUT2D eigenvalue weighted by Gasteiger charge is 2.15. The van der Waals surface area contributed by atoms with Crippen molar-refractivity contribution in [2.75, 3.05) is 13.2 Å². The number of amidine groups is 1. The van der Waals surface area contributed by atoms with Gasteiger partial charge in [-0.2, -0.15) is 0 Å². The summed E-state index contributed by atoms with van der Waals surface area (Å²) < 4.78 is 5.41. The monoisotopic (exact) mass is 410 g/mol. The highest BCUT2D eigenvalue weighted by molar-refractivity contribution is 5.96. The molecule has 2 aromatic carbocycles. The van der Waals surface area contributed by atoms with Gasteiger partial charge in [0.25, 0.3) is 0 Å². The van der Waals surface area contributed by atoms with Crippen molar-refractivity contribution in [2.45, 2.75) is 46.5 Å². The molecule has 0 saturated heterocycles. The third kappa shape index (κ3) is 5.92. The molecule has 160 valence electrons. The van der Waals surface area contributed by atoms with Crippen LogP contribution in [0, 0.1) is 5.41 Å². The first-order valence-electron chi connectivity index (χ1n) is 10.4. The number of carboxylic acids is 1. The smallest absolute Gasteiger partial charge is 0.339 e. The molecule has 0 heterocycles. The quantitative estimate of drug-likeness (QED) is 0.425. The molecule has 0 fully saturated rings. The van der Waals surface area contributed by atoms with Crippen LogP contribution in [0.25, 0.3) is 11.1 Å². The van der Waals surface area contributed by atoms with Gasteiger partial charge in [-0.1, -0.05) is 37.3 Å². The molecule has 0 saturated carbocycles. The van der Waals surface area contributed by atoms with Gasteiger partial charge in [0.05, 0.1) is 6.61 Å². The van der Waals surface area contributed by atoms with Crippen molar-refractivity contribution in [2.24, 2.45) is 0 Å². The van der Waals surface area contributed by atoms with Gasteiger partial charge < -0.3 is 14.7 Å². The number of rotatable bonds is 10. The number of benzene rings is 2. The minimum atomic E-state index is -1.02. The number of hydrogen-bond donors (Lipinski definition) is 2. The Kier molecular flexibility index (Phi) is 8.59. The normalized spacial score (nSPS) is 10.5. The molecule has 0 radical (unpaired) electrons. The van der Waals surface area contributed by atoms with Crippen molar-refractivity contribution >= 4 is 17.7 Å². The Balaban J connectivity index is 2.10. The number of amides is 1. The summed E-state index contributed by atoms with van der Waals surface area (Å²) in [5, 5.41) is 17.7. The molecule has 0 unspecified atom stereocenters. The summed E-state index contributed by atoms with van der Waals surface area (Å²) in [5.74, 6) is -0.310. The maximum absolute atomic E-state index is 11.9. The molecule has 0 aliphatic rings. The highest BCUT2D eigenvalue weighted by Crippen LogP contribution is 2.28. The number of carbonyl (C=O) groups excluding carboxylic acids is 1. The molecule has 1 amide bonds. The number of ether oxygens (including phenoxy) is 1. The summed E-state index contributed by atoms with van der Waals surface area (Å²) >= 11 is 0. The molecular weight excluding hydrogens is 380 g/mol. The van der Waals surface area contributed by atoms with Gasteiger partial charge in [0.15, 0.2) is 0 Å². The SMILES string of the molecule is CCOc1ccc(-c2cccc(CCCC(=N)N(CC)C(=O)CC)c2)cc1C(=O)O. The second-order valence-electron chi connectivity index (χ2n) is 6.94. The fourth-order valence-corrected chi connectivity index (χ4v) is 3.37. The maximum Gasteiger partial charge on any atom is 0.339 e. The van der Waals surface area contributed by atoms with Crippen LogP contribution in [0.3, 0.4) is 0 Å². The zero-order chi connectivity index (χ0) is 22.1. The van der Waals surface area contributed by atoms with Gasteiger partial charge in [0.2, 0.25) is 5.91 Å². The maximum atomic E-state index is 11.9. The highest BCUT2D eigenvalue weighted by atomic mass is 16.5. The minimum Gasteiger partial charge on any atom is -0.493 e. The first-order chi connectivity index (χ1) is 14.4. The standard InChI is InChI=1S/C24H30N2O4/c1-4-23(27)26(5-2)22(25)12-8-10-17-9-7-11-18(15-17)19-13-14-21(30-6-3)20(16-19)24(28)29/h7,9,11,13-16,25H,4-6,8,10,12H2,1-3H3,(H,28,29). The lowest BCUT2D eigenvalue weighted by molar-refractivity contribution is -0.127. The predicted molar refractivity (Wildman–Crippen MR) is 118 cm³/mol. The summed E-state index contributed by atoms with van der Waals surface area (Å²) in [4.78, 5) is 25.0. The lowest BCUT2D eigenvalue weighted by atomic mass is 9.98. The number of carboxylic acid groups (broad SMARTS) is 1. The average Bonchev–Trinajstić information content (AvgIpc) is 2.74. The zero-order valence-electron chi connectivity index (χ0n) is 17.9. The molecule has 2 rings (SSSR count). The van der Waals surface area contributed by atoms with Crippen LogP contribution in [-0.4, -0.2) is 40.9 Å². The Morgan fingerprint density at radius 3 is 2.43 bits per heavy atom. The molecule has 0 aromatic heterocycles. The lowest BCUT2D eigenvalue weighted by Crippen LogP contribution is -2.35. The number of aromatic carboxylic acids is 1. The van der Waals surface area contributed by atoms with Crippen LogP contribution >= 0.6 is 0 Å². The van der Waals surface area contributed by atoms with E-state index in [9.17, 15) is 14.7 Å². The molecule has 0 aliphatic heterocycles. The molecule has 2 aromatic rings. The van der Waals surface area contributed by atoms with E-state index in [1.54, 1.807) is 19.1 Å². The van der Waals surface area contributed by atoms with Gasteiger partial charge in [-0.15, -0.1) is 0 Å². The minimum absolute atomic E-state index is 0.0192. The Bertz CT molecular complexity index is 908. The lowest BCUT2D eigenvalue weighted by Gasteiger charge is -2.21. The Morgan fingerprint density at radius 1 is 1.07 bits per heavy atom. The van der Waals surface area contributed by atoms with Crippen LogP contribution in [0.1, 0.15) is 56.0 Å². The molecule has 0 bridgehead atoms. The van der Waals surface area contributed by atoms with E-state index in [1.165, 1.54) is 4.90 Å². The van der Waals surface area contributed by atoms with Crippen LogP contribution in [-0.2, 0) is 11.2 Å². The second-order valence-corrected chi connectivity index (χ2v) is 6.94. The van der Waals surface area contributed by atoms with Crippen molar-refractivity contribution in [3.05, 3.63) is 53.6 Å². The molecule has 6 nitrogen and oxygen atoms in total. The van der Waals surface area contributed by atoms with Crippen LogP contribution < -0.4 is 4.74 Å². The molecule has 0 spiro atoms. The topological polar surface area (TPSA) is 90.7 Å². The van der Waals surface area contributed by atoms with Gasteiger partial charge in [-0.05, 0) is 55.5 Å². The van der Waals surface area contributed by atoms with Crippen LogP contribution in [0.4, 0.5) is 0 Å². The van der Waals surface area contributed by atoms with Crippen molar-refractivity contribution in [1.29, 1.82) is 5.41 Å². The van der Waals surface area contributed by atoms with E-state index >= 15 is 0 Å². The van der Waals surface area contributed by atoms with Gasteiger partial charge in [0, 0.05) is 19.4 Å². The summed E-state index contributed by atoms with van der Waals surface area (Å²) in [7, 11) is 0. The van der Waals surface area contributed by atoms with Crippen LogP contribution in [0.15, 0.2) is 42.5 Å². The third-order valence-corrected chi connectivity index (χ3v) is 4.89. The summed E-state index contributed by atoms with van der Waals surface area (Å²) in [6.07, 6.45) is 2.48. The first kappa shape index (κ1) is 23.1. The van der Waals surface area contributed by atoms with Crippen molar-refractivity contribution < 1.29 is 19.4 Å². The van der Waals surface area contributed by atoms with Crippen molar-refractivity contribution in [1.82, 2.24) is 4.90 Å². The molecule has 30 heavy (non-hydrogen) atoms. The number of carbonyl (C=O) groups is 2. The van der Waals surface area contributed by atoms with Crippen LogP contribution in [0.2, 0.25) is 0 Å². The van der Waals surface area contributed by atoms with E-state index in [0.29, 0.717) is 37.6 Å². The van der Waals surface area contributed by atoms with Crippen molar-refractivity contribution in [3.8, 4) is 16.9 Å². The Labute approximate surface area is 178 Å². The van der Waals surface area contributed by atoms with Crippen molar-refractivity contribution in [3.63, 3.8) is 0 Å². The largest absolute Gasteiger partial charge is 0.493 e. The second kappa shape index (κ2) is 11.1. The average molecular weight is 411 g/mol. The van der Waals surface area contributed by atoms with E-state index in [0.717, 1.165) is 29.5 Å². The predicted octanol–water partition coefficient (Wildman–Crippen LogP) is 5.01. The van der Waals surface area contributed by atoms with E-state index in [1.807, 2.05) is 44.2 Å². The van der Waals surface area contributed by atoms with Gasteiger partial charge in [0.1, 0.15) is 17.1 Å². The van der Waals surface area contributed by atoms with Gasteiger partial charge in [-0.3, -0.25) is 10.2 Å². The summed E-state index contributed by atoms with van der Waals surface area (Å²) in [6.45, 7) is 6.43. The molecule has 2 N–H and O–H groups in total. The van der Waals surface area contributed by atoms with Crippen LogP contribution in [0.5, 0.6) is 5.75 Å². The summed E-state index contributed by atoms with van der Waals surface area (Å²) in [6, 6.07) is 13.2. The van der Waals surface area contributed by atoms with E-state index < -0.39 is 5.97 Å². The molecule has 0 aliphatic carbocycles. The first-order valence-corrected chi connectivity index (χ1v) is 10.4. The van der Waals surface area contributed by atoms with Gasteiger partial charge >= 0.3 is 5.97 Å². The fraction of sp³-hybridized carbons (Fsp3) is 0.375. The number of nitrogens with zero attached hydrogens (tertiary/aromatic N) is 1. The fourth-order valence-electron chi connectivity index (χ4n) is 3.37. The molecular formula is C24H30N2O4.